The molecule has 3 rings (SSSR count). The van der Waals surface area contributed by atoms with Gasteiger partial charge >= 0.3 is 0 Å². The van der Waals surface area contributed by atoms with Crippen molar-refractivity contribution in [3.05, 3.63) is 52.8 Å². The highest BCUT2D eigenvalue weighted by Crippen LogP contribution is 2.24. The first kappa shape index (κ1) is 18.4. The molecular formula is C20H21N3O4. The molecule has 2 N–H and O–H groups in total. The number of carbonyl (C=O) groups excluding carboxylic acids is 1. The number of benzene rings is 1. The van der Waals surface area contributed by atoms with E-state index in [1.807, 2.05) is 13.8 Å². The van der Waals surface area contributed by atoms with Gasteiger partial charge in [-0.2, -0.15) is 0 Å². The Morgan fingerprint density at radius 3 is 2.74 bits per heavy atom. The van der Waals surface area contributed by atoms with Gasteiger partial charge in [0.05, 0.1) is 23.9 Å². The summed E-state index contributed by atoms with van der Waals surface area (Å²) in [5.41, 5.74) is 0.636. The Kier molecular flexibility index (Phi) is 5.12. The van der Waals surface area contributed by atoms with E-state index in [2.05, 4.69) is 10.3 Å². The van der Waals surface area contributed by atoms with Crippen molar-refractivity contribution >= 4 is 16.7 Å². The van der Waals surface area contributed by atoms with E-state index in [4.69, 9.17) is 4.74 Å². The number of aromatic hydroxyl groups is 1. The molecule has 0 radical (unpaired) electrons. The molecule has 27 heavy (non-hydrogen) atoms. The number of nitrogens with zero attached hydrogens (tertiary/aromatic N) is 2. The Balaban J connectivity index is 2.23. The zero-order valence-corrected chi connectivity index (χ0v) is 15.4. The minimum atomic E-state index is -0.373. The van der Waals surface area contributed by atoms with Crippen LogP contribution in [0, 0.1) is 0 Å². The molecule has 3 aromatic rings. The molecule has 2 aromatic heterocycles. The van der Waals surface area contributed by atoms with Gasteiger partial charge in [0.2, 0.25) is 11.8 Å². The van der Waals surface area contributed by atoms with Crippen LogP contribution in [0.5, 0.6) is 11.6 Å². The molecule has 7 nitrogen and oxygen atoms in total. The maximum atomic E-state index is 13.1. The van der Waals surface area contributed by atoms with Gasteiger partial charge in [0.25, 0.3) is 5.56 Å². The largest absolute Gasteiger partial charge is 0.508 e. The molecule has 0 bridgehead atoms. The van der Waals surface area contributed by atoms with Crippen molar-refractivity contribution in [1.29, 1.82) is 0 Å². The first-order valence-corrected chi connectivity index (χ1v) is 8.56. The highest BCUT2D eigenvalue weighted by molar-refractivity contribution is 5.87. The summed E-state index contributed by atoms with van der Waals surface area (Å²) in [7, 11) is 1.51. The number of aromatic nitrogens is 2. The Morgan fingerprint density at radius 1 is 1.26 bits per heavy atom. The van der Waals surface area contributed by atoms with Gasteiger partial charge in [-0.05, 0) is 43.5 Å². The van der Waals surface area contributed by atoms with E-state index in [1.165, 1.54) is 23.8 Å². The fraction of sp³-hybridized carbons (Fsp3) is 0.250. The van der Waals surface area contributed by atoms with Crippen molar-refractivity contribution in [3.63, 3.8) is 0 Å². The van der Waals surface area contributed by atoms with Crippen molar-refractivity contribution in [2.75, 3.05) is 7.11 Å². The summed E-state index contributed by atoms with van der Waals surface area (Å²) in [6, 6.07) is 11.5. The summed E-state index contributed by atoms with van der Waals surface area (Å²) in [6.07, 6.45) is 0. The second-order valence-corrected chi connectivity index (χ2v) is 6.48. The number of phenolic OH excluding ortho intramolecular Hbond substituents is 1. The second kappa shape index (κ2) is 7.49. The normalized spacial score (nSPS) is 11.0. The summed E-state index contributed by atoms with van der Waals surface area (Å²) in [5.74, 6) is 0.115. The van der Waals surface area contributed by atoms with Crippen LogP contribution >= 0.6 is 0 Å². The highest BCUT2D eigenvalue weighted by Gasteiger charge is 2.16. The van der Waals surface area contributed by atoms with E-state index in [-0.39, 0.29) is 29.8 Å². The van der Waals surface area contributed by atoms with Gasteiger partial charge in [0.1, 0.15) is 12.3 Å². The van der Waals surface area contributed by atoms with Crippen LogP contribution in [0.4, 0.5) is 0 Å². The van der Waals surface area contributed by atoms with Crippen LogP contribution in [0.3, 0.4) is 0 Å². The summed E-state index contributed by atoms with van der Waals surface area (Å²) in [6.45, 7) is 3.55. The lowest BCUT2D eigenvalue weighted by Gasteiger charge is -2.16. The van der Waals surface area contributed by atoms with Crippen LogP contribution in [0.1, 0.15) is 13.8 Å². The fourth-order valence-electron chi connectivity index (χ4n) is 2.89. The predicted octanol–water partition coefficient (Wildman–Crippen LogP) is 2.30. The van der Waals surface area contributed by atoms with E-state index in [0.29, 0.717) is 28.0 Å². The predicted molar refractivity (Wildman–Crippen MR) is 103 cm³/mol. The molecule has 0 aliphatic carbocycles. The number of amides is 1. The van der Waals surface area contributed by atoms with Crippen LogP contribution in [0.15, 0.2) is 47.3 Å². The molecule has 0 aliphatic heterocycles. The van der Waals surface area contributed by atoms with Crippen LogP contribution in [0.2, 0.25) is 0 Å². The van der Waals surface area contributed by atoms with Crippen molar-refractivity contribution in [3.8, 4) is 23.0 Å². The standard InChI is InChI=1S/C20H21N3O4/c1-12(2)21-18(25)11-23-17(16-5-4-6-19(22-16)27-3)9-13-7-8-14(24)10-15(13)20(23)26/h4-10,12,24H,11H2,1-3H3,(H,21,25). The third kappa shape index (κ3) is 3.92. The molecule has 0 saturated carbocycles. The third-order valence-corrected chi connectivity index (χ3v) is 4.04. The van der Waals surface area contributed by atoms with E-state index in [0.717, 1.165) is 0 Å². The smallest absolute Gasteiger partial charge is 0.259 e. The molecule has 1 aromatic carbocycles. The van der Waals surface area contributed by atoms with Crippen molar-refractivity contribution in [2.24, 2.45) is 0 Å². The van der Waals surface area contributed by atoms with Gasteiger partial charge in [-0.25, -0.2) is 4.98 Å². The number of hydrogen-bond donors (Lipinski definition) is 2. The molecule has 140 valence electrons. The van der Waals surface area contributed by atoms with E-state index < -0.39 is 0 Å². The Morgan fingerprint density at radius 2 is 2.04 bits per heavy atom. The summed E-state index contributed by atoms with van der Waals surface area (Å²) in [4.78, 5) is 29.8. The number of fused-ring (bicyclic) bond motifs is 1. The number of ether oxygens (including phenoxy) is 1. The van der Waals surface area contributed by atoms with E-state index in [9.17, 15) is 14.7 Å². The fourth-order valence-corrected chi connectivity index (χ4v) is 2.89. The SMILES string of the molecule is COc1cccc(-c2cc3ccc(O)cc3c(=O)n2CC(=O)NC(C)C)n1. The number of pyridine rings is 2. The van der Waals surface area contributed by atoms with Gasteiger partial charge in [0, 0.05) is 12.1 Å². The lowest BCUT2D eigenvalue weighted by atomic mass is 10.1. The molecule has 0 aliphatic rings. The van der Waals surface area contributed by atoms with Crippen molar-refractivity contribution in [2.45, 2.75) is 26.4 Å². The quantitative estimate of drug-likeness (QED) is 0.722. The van der Waals surface area contributed by atoms with Gasteiger partial charge in [-0.15, -0.1) is 0 Å². The van der Waals surface area contributed by atoms with E-state index in [1.54, 1.807) is 30.3 Å². The summed E-state index contributed by atoms with van der Waals surface area (Å²) >= 11 is 0. The Labute approximate surface area is 156 Å². The first-order valence-electron chi connectivity index (χ1n) is 8.56. The topological polar surface area (TPSA) is 93.5 Å². The minimum absolute atomic E-state index is 0.00922. The van der Waals surface area contributed by atoms with Crippen molar-refractivity contribution in [1.82, 2.24) is 14.9 Å². The Bertz CT molecular complexity index is 1060. The highest BCUT2D eigenvalue weighted by atomic mass is 16.5. The van der Waals surface area contributed by atoms with Gasteiger partial charge in [0.15, 0.2) is 0 Å². The van der Waals surface area contributed by atoms with Gasteiger partial charge in [-0.1, -0.05) is 12.1 Å². The maximum absolute atomic E-state index is 13.1. The number of phenols is 1. The minimum Gasteiger partial charge on any atom is -0.508 e. The lowest BCUT2D eigenvalue weighted by Crippen LogP contribution is -2.36. The molecule has 0 fully saturated rings. The molecule has 0 saturated heterocycles. The average Bonchev–Trinajstić information content (AvgIpc) is 2.63. The zero-order chi connectivity index (χ0) is 19.6. The average molecular weight is 367 g/mol. The van der Waals surface area contributed by atoms with Crippen LogP contribution < -0.4 is 15.6 Å². The number of nitrogens with one attached hydrogen (secondary N) is 1. The number of hydrogen-bond acceptors (Lipinski definition) is 5. The summed E-state index contributed by atoms with van der Waals surface area (Å²) in [5, 5.41) is 13.5. The van der Waals surface area contributed by atoms with Crippen LogP contribution in [0.25, 0.3) is 22.2 Å². The van der Waals surface area contributed by atoms with Crippen molar-refractivity contribution < 1.29 is 14.6 Å². The third-order valence-electron chi connectivity index (χ3n) is 4.04. The number of carbonyl (C=O) groups is 1. The number of methoxy groups -OCH3 is 1. The van der Waals surface area contributed by atoms with Gasteiger partial charge in [-0.3, -0.25) is 14.2 Å². The number of rotatable bonds is 5. The molecule has 0 unspecified atom stereocenters. The summed E-state index contributed by atoms with van der Waals surface area (Å²) < 4.78 is 6.53. The molecule has 1 amide bonds. The Hall–Kier alpha value is -3.35. The van der Waals surface area contributed by atoms with Crippen LogP contribution in [-0.4, -0.2) is 33.7 Å². The second-order valence-electron chi connectivity index (χ2n) is 6.48. The first-order chi connectivity index (χ1) is 12.9. The molecular weight excluding hydrogens is 346 g/mol. The monoisotopic (exact) mass is 367 g/mol. The molecule has 7 heteroatoms. The molecule has 2 heterocycles. The van der Waals surface area contributed by atoms with E-state index >= 15 is 0 Å². The van der Waals surface area contributed by atoms with Gasteiger partial charge < -0.3 is 15.2 Å². The lowest BCUT2D eigenvalue weighted by molar-refractivity contribution is -0.122. The molecule has 0 spiro atoms. The molecule has 0 atom stereocenters. The van der Waals surface area contributed by atoms with Crippen LogP contribution in [-0.2, 0) is 11.3 Å². The zero-order valence-electron chi connectivity index (χ0n) is 15.4. The maximum Gasteiger partial charge on any atom is 0.259 e.